The minimum Gasteiger partial charge on any atom is -0.354 e. The molecule has 0 aromatic rings. The number of rotatable bonds is 3. The summed E-state index contributed by atoms with van der Waals surface area (Å²) in [5, 5.41) is 2.98. The van der Waals surface area contributed by atoms with E-state index in [2.05, 4.69) is 19.2 Å². The number of hydrogen-bond acceptors (Lipinski definition) is 2. The van der Waals surface area contributed by atoms with E-state index in [-0.39, 0.29) is 22.8 Å². The number of nitrogens with one attached hydrogen (secondary N) is 1. The van der Waals surface area contributed by atoms with Crippen molar-refractivity contribution in [2.75, 3.05) is 6.54 Å². The highest BCUT2D eigenvalue weighted by atomic mass is 16.2. The van der Waals surface area contributed by atoms with Gasteiger partial charge in [-0.25, -0.2) is 0 Å². The van der Waals surface area contributed by atoms with Crippen LogP contribution in [-0.4, -0.2) is 18.0 Å². The Morgan fingerprint density at radius 1 is 1.50 bits per heavy atom. The van der Waals surface area contributed by atoms with Crippen molar-refractivity contribution in [2.45, 2.75) is 45.1 Å². The van der Waals surface area contributed by atoms with Gasteiger partial charge in [0.05, 0.1) is 0 Å². The standard InChI is InChI=1S/C11H20N2O/c1-10(2)6-8(10)9(14)13-7-11(12)4-3-5-11/h8H,3-7,12H2,1-2H3,(H,13,14). The molecular formula is C11H20N2O. The number of hydrogen-bond donors (Lipinski definition) is 2. The topological polar surface area (TPSA) is 55.1 Å². The van der Waals surface area contributed by atoms with Gasteiger partial charge in [-0.05, 0) is 31.1 Å². The zero-order chi connectivity index (χ0) is 10.4. The highest BCUT2D eigenvalue weighted by Gasteiger charge is 2.50. The lowest BCUT2D eigenvalue weighted by Gasteiger charge is -2.38. The van der Waals surface area contributed by atoms with Gasteiger partial charge in [0.2, 0.25) is 5.91 Å². The summed E-state index contributed by atoms with van der Waals surface area (Å²) in [7, 11) is 0. The maximum atomic E-state index is 11.6. The van der Waals surface area contributed by atoms with E-state index in [0.717, 1.165) is 19.3 Å². The fourth-order valence-electron chi connectivity index (χ4n) is 2.11. The first-order valence-electron chi connectivity index (χ1n) is 5.50. The SMILES string of the molecule is CC1(C)CC1C(=O)NCC1(N)CCC1. The van der Waals surface area contributed by atoms with Crippen molar-refractivity contribution in [3.8, 4) is 0 Å². The zero-order valence-corrected chi connectivity index (χ0v) is 9.10. The molecule has 1 unspecified atom stereocenters. The number of carbonyl (C=O) groups is 1. The smallest absolute Gasteiger partial charge is 0.223 e. The highest BCUT2D eigenvalue weighted by Crippen LogP contribution is 2.51. The first-order valence-corrected chi connectivity index (χ1v) is 5.50. The van der Waals surface area contributed by atoms with Crippen LogP contribution >= 0.6 is 0 Å². The Labute approximate surface area is 85.4 Å². The molecule has 2 aliphatic rings. The molecule has 3 nitrogen and oxygen atoms in total. The predicted octanol–water partition coefficient (Wildman–Crippen LogP) is 1.03. The van der Waals surface area contributed by atoms with Crippen LogP contribution in [0.1, 0.15) is 39.5 Å². The van der Waals surface area contributed by atoms with Gasteiger partial charge in [-0.15, -0.1) is 0 Å². The van der Waals surface area contributed by atoms with Crippen LogP contribution < -0.4 is 11.1 Å². The number of amides is 1. The molecule has 80 valence electrons. The van der Waals surface area contributed by atoms with E-state index in [4.69, 9.17) is 5.73 Å². The van der Waals surface area contributed by atoms with Crippen molar-refractivity contribution in [1.29, 1.82) is 0 Å². The maximum Gasteiger partial charge on any atom is 0.223 e. The summed E-state index contributed by atoms with van der Waals surface area (Å²) in [4.78, 5) is 11.6. The normalized spacial score (nSPS) is 31.8. The van der Waals surface area contributed by atoms with Gasteiger partial charge in [0.1, 0.15) is 0 Å². The Kier molecular flexibility index (Phi) is 2.11. The Morgan fingerprint density at radius 2 is 2.07 bits per heavy atom. The molecule has 14 heavy (non-hydrogen) atoms. The molecule has 0 saturated heterocycles. The molecule has 1 amide bonds. The molecule has 0 radical (unpaired) electrons. The summed E-state index contributed by atoms with van der Waals surface area (Å²) in [5.74, 6) is 0.429. The number of carbonyl (C=O) groups excluding carboxylic acids is 1. The lowest BCUT2D eigenvalue weighted by Crippen LogP contribution is -2.55. The van der Waals surface area contributed by atoms with Gasteiger partial charge >= 0.3 is 0 Å². The van der Waals surface area contributed by atoms with E-state index in [0.29, 0.717) is 6.54 Å². The maximum absolute atomic E-state index is 11.6. The molecule has 2 fully saturated rings. The molecule has 3 N–H and O–H groups in total. The van der Waals surface area contributed by atoms with E-state index < -0.39 is 0 Å². The van der Waals surface area contributed by atoms with E-state index in [1.54, 1.807) is 0 Å². The second kappa shape index (κ2) is 2.96. The Bertz CT molecular complexity index is 256. The molecule has 0 aromatic carbocycles. The lowest BCUT2D eigenvalue weighted by atomic mass is 9.78. The minimum atomic E-state index is -0.0886. The molecule has 0 bridgehead atoms. The first kappa shape index (κ1) is 9.97. The highest BCUT2D eigenvalue weighted by molar-refractivity contribution is 5.82. The van der Waals surface area contributed by atoms with E-state index in [1.807, 2.05) is 0 Å². The summed E-state index contributed by atoms with van der Waals surface area (Å²) >= 11 is 0. The van der Waals surface area contributed by atoms with E-state index in [9.17, 15) is 4.79 Å². The van der Waals surface area contributed by atoms with Crippen LogP contribution in [0.3, 0.4) is 0 Å². The fraction of sp³-hybridized carbons (Fsp3) is 0.909. The fourth-order valence-corrected chi connectivity index (χ4v) is 2.11. The van der Waals surface area contributed by atoms with E-state index in [1.165, 1.54) is 6.42 Å². The van der Waals surface area contributed by atoms with Crippen LogP contribution in [0.2, 0.25) is 0 Å². The first-order chi connectivity index (χ1) is 6.43. The molecular weight excluding hydrogens is 176 g/mol. The molecule has 2 aliphatic carbocycles. The van der Waals surface area contributed by atoms with Gasteiger partial charge < -0.3 is 11.1 Å². The third-order valence-electron chi connectivity index (χ3n) is 3.79. The van der Waals surface area contributed by atoms with Gasteiger partial charge in [-0.1, -0.05) is 13.8 Å². The van der Waals surface area contributed by atoms with Crippen molar-refractivity contribution in [1.82, 2.24) is 5.32 Å². The van der Waals surface area contributed by atoms with Crippen LogP contribution in [-0.2, 0) is 4.79 Å². The Balaban J connectivity index is 1.74. The Hall–Kier alpha value is -0.570. The number of nitrogens with two attached hydrogens (primary N) is 1. The van der Waals surface area contributed by atoms with Gasteiger partial charge in [0.25, 0.3) is 0 Å². The monoisotopic (exact) mass is 196 g/mol. The van der Waals surface area contributed by atoms with E-state index >= 15 is 0 Å². The van der Waals surface area contributed by atoms with Crippen molar-refractivity contribution >= 4 is 5.91 Å². The molecule has 0 spiro atoms. The summed E-state index contributed by atoms with van der Waals surface area (Å²) in [6.07, 6.45) is 4.35. The zero-order valence-electron chi connectivity index (χ0n) is 9.10. The van der Waals surface area contributed by atoms with Gasteiger partial charge in [0, 0.05) is 18.0 Å². The van der Waals surface area contributed by atoms with Crippen LogP contribution in [0.25, 0.3) is 0 Å². The van der Waals surface area contributed by atoms with Crippen molar-refractivity contribution in [3.63, 3.8) is 0 Å². The van der Waals surface area contributed by atoms with Gasteiger partial charge in [0.15, 0.2) is 0 Å². The molecule has 3 heteroatoms. The third kappa shape index (κ3) is 1.78. The second-order valence-electron chi connectivity index (χ2n) is 5.68. The van der Waals surface area contributed by atoms with Crippen molar-refractivity contribution in [2.24, 2.45) is 17.1 Å². The quantitative estimate of drug-likeness (QED) is 0.708. The summed E-state index contributed by atoms with van der Waals surface area (Å²) in [6.45, 7) is 4.94. The van der Waals surface area contributed by atoms with Crippen LogP contribution in [0.5, 0.6) is 0 Å². The average Bonchev–Trinajstić information content (AvgIpc) is 2.68. The second-order valence-corrected chi connectivity index (χ2v) is 5.68. The average molecular weight is 196 g/mol. The van der Waals surface area contributed by atoms with Gasteiger partial charge in [-0.2, -0.15) is 0 Å². The molecule has 0 heterocycles. The van der Waals surface area contributed by atoms with Crippen molar-refractivity contribution in [3.05, 3.63) is 0 Å². The molecule has 0 aromatic heterocycles. The van der Waals surface area contributed by atoms with Crippen LogP contribution in [0.4, 0.5) is 0 Å². The van der Waals surface area contributed by atoms with Crippen LogP contribution in [0.15, 0.2) is 0 Å². The minimum absolute atomic E-state index is 0.0886. The lowest BCUT2D eigenvalue weighted by molar-refractivity contribution is -0.123. The summed E-state index contributed by atoms with van der Waals surface area (Å²) < 4.78 is 0. The largest absolute Gasteiger partial charge is 0.354 e. The third-order valence-corrected chi connectivity index (χ3v) is 3.79. The molecule has 1 atom stereocenters. The molecule has 2 saturated carbocycles. The van der Waals surface area contributed by atoms with Gasteiger partial charge in [-0.3, -0.25) is 4.79 Å². The molecule has 2 rings (SSSR count). The summed E-state index contributed by atoms with van der Waals surface area (Å²) in [5.41, 5.74) is 6.16. The predicted molar refractivity (Wildman–Crippen MR) is 55.7 cm³/mol. The molecule has 0 aliphatic heterocycles. The Morgan fingerprint density at radius 3 is 2.43 bits per heavy atom. The summed E-state index contributed by atoms with van der Waals surface area (Å²) in [6, 6.07) is 0. The van der Waals surface area contributed by atoms with Crippen LogP contribution in [0, 0.1) is 11.3 Å². The van der Waals surface area contributed by atoms with Crippen molar-refractivity contribution < 1.29 is 4.79 Å².